The maximum atomic E-state index is 5.77. The van der Waals surface area contributed by atoms with Crippen molar-refractivity contribution in [2.75, 3.05) is 6.54 Å². The first-order valence-electron chi connectivity index (χ1n) is 10.3. The minimum Gasteiger partial charge on any atom is -0.330 e. The molecule has 0 aliphatic heterocycles. The normalized spacial score (nSPS) is 12.0. The summed E-state index contributed by atoms with van der Waals surface area (Å²) in [6, 6.07) is 32.0. The molecule has 1 atom stereocenters. The number of hydrogen-bond donors (Lipinski definition) is 1. The number of benzene rings is 3. The Kier molecular flexibility index (Phi) is 6.18. The number of nitrogens with two attached hydrogens (primary N) is 1. The summed E-state index contributed by atoms with van der Waals surface area (Å²) in [5.41, 5.74) is 11.6. The van der Waals surface area contributed by atoms with Crippen LogP contribution in [0.15, 0.2) is 97.3 Å². The zero-order valence-corrected chi connectivity index (χ0v) is 16.6. The van der Waals surface area contributed by atoms with Crippen molar-refractivity contribution in [1.29, 1.82) is 0 Å². The highest BCUT2D eigenvalue weighted by molar-refractivity contribution is 5.78. The van der Waals surface area contributed by atoms with E-state index in [1.165, 1.54) is 16.8 Å². The molecule has 0 fully saturated rings. The monoisotopic (exact) mass is 381 g/mol. The van der Waals surface area contributed by atoms with E-state index < -0.39 is 0 Å². The van der Waals surface area contributed by atoms with E-state index in [1.54, 1.807) is 0 Å². The quantitative estimate of drug-likeness (QED) is 0.384. The average molecular weight is 382 g/mol. The third-order valence-corrected chi connectivity index (χ3v) is 5.34. The molecule has 0 saturated carbocycles. The van der Waals surface area contributed by atoms with Crippen molar-refractivity contribution in [1.82, 2.24) is 9.55 Å². The molecule has 1 unspecified atom stereocenters. The predicted octanol–water partition coefficient (Wildman–Crippen LogP) is 5.94. The van der Waals surface area contributed by atoms with Gasteiger partial charge in [-0.25, -0.2) is 4.98 Å². The SMILES string of the molecule is NCCCCC(c1ccccc1)n1cnc(-c2ccccc2)c1-c1ccccc1. The van der Waals surface area contributed by atoms with Crippen LogP contribution in [0.2, 0.25) is 0 Å². The lowest BCUT2D eigenvalue weighted by Crippen LogP contribution is -2.12. The van der Waals surface area contributed by atoms with E-state index in [0.29, 0.717) is 0 Å². The fourth-order valence-corrected chi connectivity index (χ4v) is 3.91. The summed E-state index contributed by atoms with van der Waals surface area (Å²) in [7, 11) is 0. The fraction of sp³-hybridized carbons (Fsp3) is 0.192. The summed E-state index contributed by atoms with van der Waals surface area (Å²) in [5, 5.41) is 0. The van der Waals surface area contributed by atoms with Crippen LogP contribution in [0.5, 0.6) is 0 Å². The molecule has 0 bridgehead atoms. The molecule has 0 radical (unpaired) electrons. The lowest BCUT2D eigenvalue weighted by Gasteiger charge is -2.22. The molecule has 29 heavy (non-hydrogen) atoms. The van der Waals surface area contributed by atoms with Crippen molar-refractivity contribution in [2.45, 2.75) is 25.3 Å². The molecule has 0 spiro atoms. The van der Waals surface area contributed by atoms with Crippen molar-refractivity contribution in [3.8, 4) is 22.5 Å². The van der Waals surface area contributed by atoms with Gasteiger partial charge in [0, 0.05) is 11.1 Å². The van der Waals surface area contributed by atoms with E-state index in [9.17, 15) is 0 Å². The van der Waals surface area contributed by atoms with Crippen LogP contribution in [0.4, 0.5) is 0 Å². The molecule has 0 aliphatic rings. The second-order valence-electron chi connectivity index (χ2n) is 7.29. The van der Waals surface area contributed by atoms with Gasteiger partial charge in [0.2, 0.25) is 0 Å². The van der Waals surface area contributed by atoms with Crippen molar-refractivity contribution in [3.05, 3.63) is 103 Å². The van der Waals surface area contributed by atoms with E-state index in [0.717, 1.165) is 37.1 Å². The Morgan fingerprint density at radius 2 is 1.31 bits per heavy atom. The third-order valence-electron chi connectivity index (χ3n) is 5.34. The Hall–Kier alpha value is -3.17. The van der Waals surface area contributed by atoms with Gasteiger partial charge >= 0.3 is 0 Å². The van der Waals surface area contributed by atoms with Gasteiger partial charge in [0.1, 0.15) is 0 Å². The Balaban J connectivity index is 1.86. The lowest BCUT2D eigenvalue weighted by molar-refractivity contribution is 0.513. The van der Waals surface area contributed by atoms with E-state index in [4.69, 9.17) is 10.7 Å². The van der Waals surface area contributed by atoms with Gasteiger partial charge < -0.3 is 10.3 Å². The van der Waals surface area contributed by atoms with Crippen molar-refractivity contribution < 1.29 is 0 Å². The van der Waals surface area contributed by atoms with Crippen molar-refractivity contribution >= 4 is 0 Å². The van der Waals surface area contributed by atoms with Gasteiger partial charge in [-0.2, -0.15) is 0 Å². The van der Waals surface area contributed by atoms with Crippen LogP contribution in [0.1, 0.15) is 30.9 Å². The number of imidazole rings is 1. The van der Waals surface area contributed by atoms with Gasteiger partial charge in [0.05, 0.1) is 23.8 Å². The molecule has 3 heteroatoms. The van der Waals surface area contributed by atoms with Crippen molar-refractivity contribution in [2.24, 2.45) is 5.73 Å². The lowest BCUT2D eigenvalue weighted by atomic mass is 9.98. The van der Waals surface area contributed by atoms with E-state index in [2.05, 4.69) is 89.5 Å². The molecule has 0 saturated heterocycles. The largest absolute Gasteiger partial charge is 0.330 e. The number of unbranched alkanes of at least 4 members (excludes halogenated alkanes) is 1. The minimum atomic E-state index is 0.225. The van der Waals surface area contributed by atoms with E-state index >= 15 is 0 Å². The van der Waals surface area contributed by atoms with Crippen molar-refractivity contribution in [3.63, 3.8) is 0 Å². The average Bonchev–Trinajstić information content (AvgIpc) is 3.23. The van der Waals surface area contributed by atoms with Gasteiger partial charge in [0.15, 0.2) is 0 Å². The van der Waals surface area contributed by atoms with Gasteiger partial charge in [-0.3, -0.25) is 0 Å². The third kappa shape index (κ3) is 4.30. The van der Waals surface area contributed by atoms with Gasteiger partial charge in [0.25, 0.3) is 0 Å². The Bertz CT molecular complexity index is 1010. The van der Waals surface area contributed by atoms with Crippen LogP contribution in [-0.4, -0.2) is 16.1 Å². The highest BCUT2D eigenvalue weighted by atomic mass is 15.1. The summed E-state index contributed by atoms with van der Waals surface area (Å²) in [6.07, 6.45) is 5.16. The Morgan fingerprint density at radius 3 is 1.93 bits per heavy atom. The molecule has 3 aromatic carbocycles. The maximum absolute atomic E-state index is 5.77. The first-order valence-corrected chi connectivity index (χ1v) is 10.3. The molecule has 1 aromatic heterocycles. The van der Waals surface area contributed by atoms with Crippen LogP contribution >= 0.6 is 0 Å². The van der Waals surface area contributed by atoms with E-state index in [1.807, 2.05) is 12.4 Å². The zero-order chi connectivity index (χ0) is 19.9. The standard InChI is InChI=1S/C26H27N3/c27-19-11-10-18-24(21-12-4-1-5-13-21)29-20-28-25(22-14-6-2-7-15-22)26(29)23-16-8-3-9-17-23/h1-9,12-17,20,24H,10-11,18-19,27H2. The van der Waals surface area contributed by atoms with Crippen LogP contribution in [-0.2, 0) is 0 Å². The molecule has 146 valence electrons. The topological polar surface area (TPSA) is 43.8 Å². The Labute approximate surface area is 172 Å². The highest BCUT2D eigenvalue weighted by Crippen LogP contribution is 2.36. The van der Waals surface area contributed by atoms with Crippen LogP contribution in [0.3, 0.4) is 0 Å². The number of hydrogen-bond acceptors (Lipinski definition) is 2. The fourth-order valence-electron chi connectivity index (χ4n) is 3.91. The molecule has 0 amide bonds. The molecule has 1 heterocycles. The first kappa shape index (κ1) is 19.2. The number of rotatable bonds is 8. The Morgan fingerprint density at radius 1 is 0.724 bits per heavy atom. The van der Waals surface area contributed by atoms with Gasteiger partial charge in [-0.15, -0.1) is 0 Å². The number of nitrogens with zero attached hydrogens (tertiary/aromatic N) is 2. The predicted molar refractivity (Wildman–Crippen MR) is 121 cm³/mol. The van der Waals surface area contributed by atoms with Crippen LogP contribution < -0.4 is 5.73 Å². The minimum absolute atomic E-state index is 0.225. The molecule has 4 rings (SSSR count). The highest BCUT2D eigenvalue weighted by Gasteiger charge is 2.21. The van der Waals surface area contributed by atoms with Crippen LogP contribution in [0, 0.1) is 0 Å². The molecule has 3 nitrogen and oxygen atoms in total. The van der Waals surface area contributed by atoms with Crippen LogP contribution in [0.25, 0.3) is 22.5 Å². The summed E-state index contributed by atoms with van der Waals surface area (Å²) < 4.78 is 2.35. The summed E-state index contributed by atoms with van der Waals surface area (Å²) in [6.45, 7) is 0.728. The van der Waals surface area contributed by atoms with Gasteiger partial charge in [-0.1, -0.05) is 91.0 Å². The van der Waals surface area contributed by atoms with Gasteiger partial charge in [-0.05, 0) is 31.4 Å². The molecule has 4 aromatic rings. The number of aromatic nitrogens is 2. The maximum Gasteiger partial charge on any atom is 0.0964 e. The second-order valence-corrected chi connectivity index (χ2v) is 7.29. The molecule has 2 N–H and O–H groups in total. The first-order chi connectivity index (χ1) is 14.4. The second kappa shape index (κ2) is 9.35. The van der Waals surface area contributed by atoms with E-state index in [-0.39, 0.29) is 6.04 Å². The molecular formula is C26H27N3. The summed E-state index contributed by atoms with van der Waals surface area (Å²) in [4.78, 5) is 4.88. The summed E-state index contributed by atoms with van der Waals surface area (Å²) >= 11 is 0. The molecular weight excluding hydrogens is 354 g/mol. The summed E-state index contributed by atoms with van der Waals surface area (Å²) in [5.74, 6) is 0. The zero-order valence-electron chi connectivity index (χ0n) is 16.6. The molecule has 0 aliphatic carbocycles. The smallest absolute Gasteiger partial charge is 0.0964 e.